The van der Waals surface area contributed by atoms with E-state index in [0.717, 1.165) is 25.7 Å². The van der Waals surface area contributed by atoms with Gasteiger partial charge in [0.15, 0.2) is 11.6 Å². The molecular weight excluding hydrogens is 232 g/mol. The third-order valence-corrected chi connectivity index (χ3v) is 4.32. The van der Waals surface area contributed by atoms with E-state index in [-0.39, 0.29) is 12.2 Å². The van der Waals surface area contributed by atoms with Crippen LogP contribution in [0.25, 0.3) is 0 Å². The first-order valence-electron chi connectivity index (χ1n) is 7.26. The molecule has 0 radical (unpaired) electrons. The Labute approximate surface area is 110 Å². The minimum Gasteiger partial charge on any atom is -0.347 e. The highest BCUT2D eigenvalue weighted by atomic mass is 16.8. The highest BCUT2D eigenvalue weighted by Crippen LogP contribution is 2.37. The van der Waals surface area contributed by atoms with Gasteiger partial charge in [0.25, 0.3) is 0 Å². The van der Waals surface area contributed by atoms with Gasteiger partial charge in [0.2, 0.25) is 0 Å². The quantitative estimate of drug-likeness (QED) is 0.760. The summed E-state index contributed by atoms with van der Waals surface area (Å²) >= 11 is 0. The molecular formula is C14H26O4. The van der Waals surface area contributed by atoms with Crippen molar-refractivity contribution >= 4 is 0 Å². The molecule has 0 aromatic rings. The number of rotatable bonds is 5. The fourth-order valence-electron chi connectivity index (χ4n) is 2.76. The van der Waals surface area contributed by atoms with Gasteiger partial charge in [-0.15, -0.1) is 0 Å². The van der Waals surface area contributed by atoms with Gasteiger partial charge < -0.3 is 18.9 Å². The molecule has 0 N–H and O–H groups in total. The summed E-state index contributed by atoms with van der Waals surface area (Å²) in [6.07, 6.45) is 3.51. The van der Waals surface area contributed by atoms with Crippen molar-refractivity contribution in [1.82, 2.24) is 0 Å². The summed E-state index contributed by atoms with van der Waals surface area (Å²) in [4.78, 5) is 0. The van der Waals surface area contributed by atoms with Gasteiger partial charge in [-0.1, -0.05) is 27.7 Å². The fourth-order valence-corrected chi connectivity index (χ4v) is 2.76. The van der Waals surface area contributed by atoms with Crippen LogP contribution in [-0.4, -0.2) is 37.0 Å². The van der Waals surface area contributed by atoms with E-state index in [4.69, 9.17) is 18.9 Å². The van der Waals surface area contributed by atoms with E-state index in [0.29, 0.717) is 13.2 Å². The van der Waals surface area contributed by atoms with E-state index < -0.39 is 11.6 Å². The first-order valence-corrected chi connectivity index (χ1v) is 7.26. The molecule has 0 unspecified atom stereocenters. The lowest BCUT2D eigenvalue weighted by atomic mass is 10.1. The van der Waals surface area contributed by atoms with E-state index in [1.165, 1.54) is 0 Å². The highest BCUT2D eigenvalue weighted by Gasteiger charge is 2.48. The summed E-state index contributed by atoms with van der Waals surface area (Å²) in [7, 11) is 0. The summed E-state index contributed by atoms with van der Waals surface area (Å²) in [6.45, 7) is 9.61. The molecule has 0 aromatic carbocycles. The van der Waals surface area contributed by atoms with Crippen molar-refractivity contribution in [3.05, 3.63) is 0 Å². The zero-order valence-electron chi connectivity index (χ0n) is 12.0. The van der Waals surface area contributed by atoms with Crippen LogP contribution in [0.4, 0.5) is 0 Å². The molecule has 2 rings (SSSR count). The zero-order chi connectivity index (χ0) is 13.2. The number of ether oxygens (including phenoxy) is 4. The van der Waals surface area contributed by atoms with Crippen LogP contribution in [0.2, 0.25) is 0 Å². The van der Waals surface area contributed by atoms with Crippen LogP contribution >= 0.6 is 0 Å². The SMILES string of the molecule is CCC1(CC)OC[C@@H]([C@@H]2COC(CC)(CC)O2)O1. The predicted octanol–water partition coefficient (Wildman–Crippen LogP) is 2.85. The van der Waals surface area contributed by atoms with Crippen LogP contribution in [-0.2, 0) is 18.9 Å². The Morgan fingerprint density at radius 1 is 0.722 bits per heavy atom. The van der Waals surface area contributed by atoms with Gasteiger partial charge in [-0.2, -0.15) is 0 Å². The average molecular weight is 258 g/mol. The molecule has 0 aliphatic carbocycles. The standard InChI is InChI=1S/C14H26O4/c1-5-13(6-2)15-9-11(17-13)12-10-16-14(7-3,8-4)18-12/h11-12H,5-10H2,1-4H3/t11-,12-/m0/s1. The minimum atomic E-state index is -0.405. The number of hydrogen-bond acceptors (Lipinski definition) is 4. The maximum absolute atomic E-state index is 6.09. The van der Waals surface area contributed by atoms with Gasteiger partial charge in [-0.3, -0.25) is 0 Å². The summed E-state index contributed by atoms with van der Waals surface area (Å²) in [5.41, 5.74) is 0. The third-order valence-electron chi connectivity index (χ3n) is 4.32. The topological polar surface area (TPSA) is 36.9 Å². The molecule has 0 bridgehead atoms. The van der Waals surface area contributed by atoms with E-state index in [1.807, 2.05) is 0 Å². The molecule has 2 heterocycles. The summed E-state index contributed by atoms with van der Waals surface area (Å²) in [5, 5.41) is 0. The fraction of sp³-hybridized carbons (Fsp3) is 1.00. The van der Waals surface area contributed by atoms with E-state index in [2.05, 4.69) is 27.7 Å². The summed E-state index contributed by atoms with van der Waals surface area (Å²) in [5.74, 6) is -0.810. The van der Waals surface area contributed by atoms with Gasteiger partial charge in [0, 0.05) is 0 Å². The average Bonchev–Trinajstić information content (AvgIpc) is 3.04. The zero-order valence-corrected chi connectivity index (χ0v) is 12.0. The maximum Gasteiger partial charge on any atom is 0.168 e. The Hall–Kier alpha value is -0.160. The normalized spacial score (nSPS) is 34.0. The molecule has 106 valence electrons. The van der Waals surface area contributed by atoms with Crippen molar-refractivity contribution in [2.45, 2.75) is 77.2 Å². The summed E-state index contributed by atoms with van der Waals surface area (Å²) in [6, 6.07) is 0. The van der Waals surface area contributed by atoms with E-state index >= 15 is 0 Å². The molecule has 4 nitrogen and oxygen atoms in total. The van der Waals surface area contributed by atoms with Crippen LogP contribution in [0.15, 0.2) is 0 Å². The van der Waals surface area contributed by atoms with Crippen molar-refractivity contribution in [3.63, 3.8) is 0 Å². The van der Waals surface area contributed by atoms with Crippen LogP contribution in [0, 0.1) is 0 Å². The Kier molecular flexibility index (Phi) is 4.32. The second-order valence-electron chi connectivity index (χ2n) is 5.17. The maximum atomic E-state index is 6.09. The van der Waals surface area contributed by atoms with Crippen LogP contribution in [0.3, 0.4) is 0 Å². The molecule has 2 aliphatic heterocycles. The van der Waals surface area contributed by atoms with Crippen molar-refractivity contribution < 1.29 is 18.9 Å². The second kappa shape index (κ2) is 5.45. The minimum absolute atomic E-state index is 0.00451. The molecule has 0 aromatic heterocycles. The summed E-state index contributed by atoms with van der Waals surface area (Å²) < 4.78 is 23.9. The number of hydrogen-bond donors (Lipinski definition) is 0. The predicted molar refractivity (Wildman–Crippen MR) is 68.3 cm³/mol. The molecule has 2 aliphatic rings. The van der Waals surface area contributed by atoms with E-state index in [9.17, 15) is 0 Å². The molecule has 18 heavy (non-hydrogen) atoms. The second-order valence-corrected chi connectivity index (χ2v) is 5.17. The van der Waals surface area contributed by atoms with Crippen molar-refractivity contribution in [2.24, 2.45) is 0 Å². The van der Waals surface area contributed by atoms with Crippen molar-refractivity contribution in [3.8, 4) is 0 Å². The highest BCUT2D eigenvalue weighted by molar-refractivity contribution is 4.87. The van der Waals surface area contributed by atoms with Gasteiger partial charge >= 0.3 is 0 Å². The largest absolute Gasteiger partial charge is 0.347 e. The Morgan fingerprint density at radius 3 is 1.28 bits per heavy atom. The lowest BCUT2D eigenvalue weighted by Crippen LogP contribution is -2.36. The monoisotopic (exact) mass is 258 g/mol. The first-order chi connectivity index (χ1) is 8.62. The van der Waals surface area contributed by atoms with Crippen LogP contribution < -0.4 is 0 Å². The molecule has 0 spiro atoms. The first kappa shape index (κ1) is 14.3. The lowest BCUT2D eigenvalue weighted by molar-refractivity contribution is -0.203. The van der Waals surface area contributed by atoms with Gasteiger partial charge in [0.1, 0.15) is 12.2 Å². The Balaban J connectivity index is 1.96. The lowest BCUT2D eigenvalue weighted by Gasteiger charge is -2.28. The molecule has 2 atom stereocenters. The van der Waals surface area contributed by atoms with Crippen molar-refractivity contribution in [1.29, 1.82) is 0 Å². The molecule has 2 saturated heterocycles. The molecule has 0 amide bonds. The van der Waals surface area contributed by atoms with Crippen LogP contribution in [0.5, 0.6) is 0 Å². The van der Waals surface area contributed by atoms with Gasteiger partial charge in [-0.25, -0.2) is 0 Å². The van der Waals surface area contributed by atoms with Crippen molar-refractivity contribution in [2.75, 3.05) is 13.2 Å². The molecule has 4 heteroatoms. The smallest absolute Gasteiger partial charge is 0.168 e. The van der Waals surface area contributed by atoms with E-state index in [1.54, 1.807) is 0 Å². The molecule has 0 saturated carbocycles. The third kappa shape index (κ3) is 2.44. The van der Waals surface area contributed by atoms with Gasteiger partial charge in [0.05, 0.1) is 13.2 Å². The Bertz CT molecular complexity index is 243. The molecule has 2 fully saturated rings. The Morgan fingerprint density at radius 2 is 1.06 bits per heavy atom. The van der Waals surface area contributed by atoms with Gasteiger partial charge in [-0.05, 0) is 25.7 Å². The van der Waals surface area contributed by atoms with Crippen LogP contribution in [0.1, 0.15) is 53.4 Å².